The number of benzene rings is 2. The van der Waals surface area contributed by atoms with Gasteiger partial charge in [0.05, 0.1) is 0 Å². The number of rotatable bonds is 2. The van der Waals surface area contributed by atoms with Gasteiger partial charge in [0.25, 0.3) is 0 Å². The highest BCUT2D eigenvalue weighted by Crippen LogP contribution is 2.48. The van der Waals surface area contributed by atoms with E-state index in [9.17, 15) is 4.79 Å². The number of fused-ring (bicyclic) bond motifs is 2. The highest BCUT2D eigenvalue weighted by molar-refractivity contribution is 6.05. The Balaban J connectivity index is 1.99. The van der Waals surface area contributed by atoms with E-state index < -0.39 is 0 Å². The Labute approximate surface area is 149 Å². The molecule has 0 radical (unpaired) electrons. The summed E-state index contributed by atoms with van der Waals surface area (Å²) in [5.41, 5.74) is 6.53. The lowest BCUT2D eigenvalue weighted by atomic mass is 9.90. The van der Waals surface area contributed by atoms with E-state index in [2.05, 4.69) is 45.9 Å². The Morgan fingerprint density at radius 2 is 1.68 bits per heavy atom. The molecule has 0 fully saturated rings. The number of carbonyl (C=O) groups excluding carboxylic acids is 1. The van der Waals surface area contributed by atoms with Crippen LogP contribution >= 0.6 is 0 Å². The van der Waals surface area contributed by atoms with E-state index in [1.165, 1.54) is 11.1 Å². The van der Waals surface area contributed by atoms with Crippen molar-refractivity contribution in [1.29, 1.82) is 0 Å². The summed E-state index contributed by atoms with van der Waals surface area (Å²) in [7, 11) is 0. The maximum Gasteiger partial charge on any atom is 0.169 e. The van der Waals surface area contributed by atoms with Crippen LogP contribution in [0, 0.1) is 25.7 Å². The van der Waals surface area contributed by atoms with Crippen LogP contribution in [0.4, 0.5) is 0 Å². The molecule has 25 heavy (non-hydrogen) atoms. The second-order valence-corrected chi connectivity index (χ2v) is 7.60. The predicted molar refractivity (Wildman–Crippen MR) is 98.7 cm³/mol. The molecular weight excluding hydrogens is 312 g/mol. The molecule has 0 spiro atoms. The number of ether oxygens (including phenoxy) is 2. The molecule has 3 heteroatoms. The summed E-state index contributed by atoms with van der Waals surface area (Å²) in [6.07, 6.45) is 0.783. The van der Waals surface area contributed by atoms with Crippen LogP contribution in [-0.2, 0) is 6.42 Å². The van der Waals surface area contributed by atoms with Crippen molar-refractivity contribution in [2.75, 3.05) is 13.2 Å². The minimum absolute atomic E-state index is 0.0449. The van der Waals surface area contributed by atoms with Gasteiger partial charge in [-0.2, -0.15) is 0 Å². The molecule has 130 valence electrons. The van der Waals surface area contributed by atoms with Crippen LogP contribution in [0.3, 0.4) is 0 Å². The van der Waals surface area contributed by atoms with Crippen LogP contribution in [0.2, 0.25) is 0 Å². The Morgan fingerprint density at radius 1 is 1.00 bits per heavy atom. The lowest BCUT2D eigenvalue weighted by Crippen LogP contribution is -2.17. The first-order chi connectivity index (χ1) is 12.0. The van der Waals surface area contributed by atoms with Gasteiger partial charge in [-0.15, -0.1) is 0 Å². The van der Waals surface area contributed by atoms with Gasteiger partial charge in [-0.3, -0.25) is 4.79 Å². The zero-order valence-electron chi connectivity index (χ0n) is 15.3. The number of aryl methyl sites for hydroxylation is 2. The van der Waals surface area contributed by atoms with Gasteiger partial charge in [-0.05, 0) is 43.4 Å². The van der Waals surface area contributed by atoms with Crippen LogP contribution in [0.25, 0.3) is 11.1 Å². The summed E-state index contributed by atoms with van der Waals surface area (Å²) in [5, 5.41) is 0. The molecule has 0 N–H and O–H groups in total. The lowest BCUT2D eigenvalue weighted by Gasteiger charge is -2.24. The lowest BCUT2D eigenvalue weighted by molar-refractivity contribution is 0.0905. The largest absolute Gasteiger partial charge is 0.486 e. The highest BCUT2D eigenvalue weighted by atomic mass is 16.6. The van der Waals surface area contributed by atoms with E-state index in [1.807, 2.05) is 6.07 Å². The molecule has 1 unspecified atom stereocenters. The normalized spacial score (nSPS) is 18.6. The molecule has 4 rings (SSSR count). The Kier molecular flexibility index (Phi) is 3.82. The van der Waals surface area contributed by atoms with Crippen LogP contribution < -0.4 is 9.47 Å². The molecule has 0 saturated heterocycles. The summed E-state index contributed by atoms with van der Waals surface area (Å²) < 4.78 is 11.8. The topological polar surface area (TPSA) is 35.5 Å². The molecule has 1 atom stereocenters. The van der Waals surface area contributed by atoms with Gasteiger partial charge in [0.1, 0.15) is 13.2 Å². The van der Waals surface area contributed by atoms with Crippen molar-refractivity contribution in [1.82, 2.24) is 0 Å². The van der Waals surface area contributed by atoms with Gasteiger partial charge in [0.2, 0.25) is 0 Å². The monoisotopic (exact) mass is 336 g/mol. The zero-order valence-corrected chi connectivity index (χ0v) is 15.3. The van der Waals surface area contributed by atoms with E-state index in [4.69, 9.17) is 9.47 Å². The summed E-state index contributed by atoms with van der Waals surface area (Å²) in [5.74, 6) is 2.12. The van der Waals surface area contributed by atoms with Crippen LogP contribution in [0.15, 0.2) is 24.3 Å². The van der Waals surface area contributed by atoms with Gasteiger partial charge >= 0.3 is 0 Å². The summed E-state index contributed by atoms with van der Waals surface area (Å²) in [4.78, 5) is 12.9. The molecule has 2 aliphatic rings. The number of ketones is 1. The summed E-state index contributed by atoms with van der Waals surface area (Å²) in [6.45, 7) is 9.53. The maximum absolute atomic E-state index is 12.9. The first-order valence-corrected chi connectivity index (χ1v) is 9.04. The predicted octanol–water partition coefficient (Wildman–Crippen LogP) is 4.75. The molecule has 1 heterocycles. The van der Waals surface area contributed by atoms with Gasteiger partial charge < -0.3 is 9.47 Å². The second-order valence-electron chi connectivity index (χ2n) is 7.60. The zero-order chi connectivity index (χ0) is 17.7. The molecule has 0 bridgehead atoms. The first-order valence-electron chi connectivity index (χ1n) is 9.04. The Morgan fingerprint density at radius 3 is 2.36 bits per heavy atom. The van der Waals surface area contributed by atoms with E-state index in [-0.39, 0.29) is 11.7 Å². The number of carbonyl (C=O) groups is 1. The van der Waals surface area contributed by atoms with Crippen LogP contribution in [-0.4, -0.2) is 19.0 Å². The van der Waals surface area contributed by atoms with Crippen molar-refractivity contribution in [3.8, 4) is 22.6 Å². The molecule has 0 saturated carbocycles. The molecule has 0 amide bonds. The van der Waals surface area contributed by atoms with E-state index in [0.29, 0.717) is 24.9 Å². The fourth-order valence-corrected chi connectivity index (χ4v) is 4.13. The third kappa shape index (κ3) is 2.62. The number of hydrogen-bond donors (Lipinski definition) is 0. The minimum Gasteiger partial charge on any atom is -0.486 e. The second kappa shape index (κ2) is 5.91. The number of Topliss-reactive ketones (excluding diaryl/α,β-unsaturated/α-hetero) is 1. The van der Waals surface area contributed by atoms with Crippen molar-refractivity contribution >= 4 is 5.78 Å². The average Bonchev–Trinajstić information content (AvgIpc) is 2.88. The SMILES string of the molecule is Cc1cc(C)cc(-c2c3c(cc4c2OCCO4)C(=O)C(C(C)C)C3)c1. The maximum atomic E-state index is 12.9. The van der Waals surface area contributed by atoms with Crippen molar-refractivity contribution in [3.05, 3.63) is 46.5 Å². The van der Waals surface area contributed by atoms with Crippen molar-refractivity contribution < 1.29 is 14.3 Å². The first kappa shape index (κ1) is 16.2. The molecule has 1 aliphatic carbocycles. The Bertz CT molecular complexity index is 844. The third-order valence-electron chi connectivity index (χ3n) is 5.28. The van der Waals surface area contributed by atoms with E-state index in [0.717, 1.165) is 34.4 Å². The quantitative estimate of drug-likeness (QED) is 0.794. The Hall–Kier alpha value is -2.29. The molecular formula is C22H24O3. The molecule has 0 aromatic heterocycles. The van der Waals surface area contributed by atoms with Gasteiger partial charge in [-0.1, -0.05) is 43.2 Å². The van der Waals surface area contributed by atoms with Crippen molar-refractivity contribution in [2.24, 2.45) is 11.8 Å². The average molecular weight is 336 g/mol. The molecule has 3 nitrogen and oxygen atoms in total. The fraction of sp³-hybridized carbons (Fsp3) is 0.409. The standard InChI is InChI=1S/C22H24O3/c1-12(2)16-10-17-18(21(16)23)11-19-22(25-6-5-24-19)20(17)15-8-13(3)7-14(4)9-15/h7-9,11-12,16H,5-6,10H2,1-4H3. The minimum atomic E-state index is 0.0449. The van der Waals surface area contributed by atoms with Gasteiger partial charge in [-0.25, -0.2) is 0 Å². The smallest absolute Gasteiger partial charge is 0.169 e. The summed E-state index contributed by atoms with van der Waals surface area (Å²) >= 11 is 0. The van der Waals surface area contributed by atoms with Crippen molar-refractivity contribution in [2.45, 2.75) is 34.1 Å². The van der Waals surface area contributed by atoms with Gasteiger partial charge in [0, 0.05) is 17.0 Å². The van der Waals surface area contributed by atoms with Crippen molar-refractivity contribution in [3.63, 3.8) is 0 Å². The third-order valence-corrected chi connectivity index (χ3v) is 5.28. The van der Waals surface area contributed by atoms with Crippen LogP contribution in [0.1, 0.15) is 40.9 Å². The molecule has 1 aliphatic heterocycles. The molecule has 2 aromatic carbocycles. The summed E-state index contributed by atoms with van der Waals surface area (Å²) in [6, 6.07) is 8.42. The molecule has 2 aromatic rings. The number of hydrogen-bond acceptors (Lipinski definition) is 3. The highest BCUT2D eigenvalue weighted by Gasteiger charge is 2.37. The van der Waals surface area contributed by atoms with Crippen LogP contribution in [0.5, 0.6) is 11.5 Å². The fourth-order valence-electron chi connectivity index (χ4n) is 4.13. The van der Waals surface area contributed by atoms with E-state index >= 15 is 0 Å². The van der Waals surface area contributed by atoms with E-state index in [1.54, 1.807) is 0 Å². The van der Waals surface area contributed by atoms with Gasteiger partial charge in [0.15, 0.2) is 17.3 Å².